The number of nitro benzene ring substituents is 1. The van der Waals surface area contributed by atoms with Crippen LogP contribution in [0.5, 0.6) is 0 Å². The number of hydrogen-bond acceptors (Lipinski definition) is 6. The van der Waals surface area contributed by atoms with Gasteiger partial charge in [-0.05, 0) is 30.3 Å². The molecule has 1 amide bonds. The zero-order valence-corrected chi connectivity index (χ0v) is 15.8. The summed E-state index contributed by atoms with van der Waals surface area (Å²) in [5.74, 6) is -0.621. The molecule has 0 fully saturated rings. The first-order valence-electron chi connectivity index (χ1n) is 8.40. The molecule has 0 saturated heterocycles. The molecule has 148 valence electrons. The third kappa shape index (κ3) is 4.74. The number of rotatable bonds is 7. The Labute approximate surface area is 166 Å². The number of nitrogens with one attached hydrogen (secondary N) is 1. The van der Waals surface area contributed by atoms with E-state index in [2.05, 4.69) is 10.3 Å². The molecule has 1 N–H and O–H groups in total. The Morgan fingerprint density at radius 3 is 2.48 bits per heavy atom. The summed E-state index contributed by atoms with van der Waals surface area (Å²) >= 11 is 0. The normalized spacial score (nSPS) is 10.9. The molecular formula is C19H16N4O5S. The average Bonchev–Trinajstić information content (AvgIpc) is 2.73. The lowest BCUT2D eigenvalue weighted by molar-refractivity contribution is -0.384. The fourth-order valence-corrected chi connectivity index (χ4v) is 4.00. The molecule has 29 heavy (non-hydrogen) atoms. The van der Waals surface area contributed by atoms with Gasteiger partial charge in [0.2, 0.25) is 5.91 Å². The highest BCUT2D eigenvalue weighted by Crippen LogP contribution is 2.27. The average molecular weight is 412 g/mol. The van der Waals surface area contributed by atoms with E-state index >= 15 is 0 Å². The van der Waals surface area contributed by atoms with Crippen molar-refractivity contribution < 1.29 is 18.1 Å². The van der Waals surface area contributed by atoms with Crippen LogP contribution in [-0.2, 0) is 14.8 Å². The number of benzene rings is 2. The summed E-state index contributed by atoms with van der Waals surface area (Å²) in [5, 5.41) is 13.7. The highest BCUT2D eigenvalue weighted by molar-refractivity contribution is 7.92. The Kier molecular flexibility index (Phi) is 5.84. The molecule has 0 atom stereocenters. The highest BCUT2D eigenvalue weighted by Gasteiger charge is 2.28. The zero-order valence-electron chi connectivity index (χ0n) is 15.0. The molecule has 10 heteroatoms. The summed E-state index contributed by atoms with van der Waals surface area (Å²) in [6, 6.07) is 15.9. The Morgan fingerprint density at radius 2 is 1.83 bits per heavy atom. The van der Waals surface area contributed by atoms with Gasteiger partial charge < -0.3 is 5.32 Å². The zero-order chi connectivity index (χ0) is 20.9. The van der Waals surface area contributed by atoms with Crippen LogP contribution in [0.2, 0.25) is 0 Å². The van der Waals surface area contributed by atoms with Crippen LogP contribution < -0.4 is 9.62 Å². The van der Waals surface area contributed by atoms with E-state index in [-0.39, 0.29) is 16.3 Å². The molecule has 1 aromatic heterocycles. The third-order valence-corrected chi connectivity index (χ3v) is 5.68. The van der Waals surface area contributed by atoms with Crippen LogP contribution in [0.15, 0.2) is 84.0 Å². The molecule has 1 heterocycles. The molecule has 9 nitrogen and oxygen atoms in total. The predicted octanol–water partition coefficient (Wildman–Crippen LogP) is 2.82. The van der Waals surface area contributed by atoms with Crippen LogP contribution >= 0.6 is 0 Å². The molecule has 0 aliphatic carbocycles. The van der Waals surface area contributed by atoms with Crippen molar-refractivity contribution in [3.8, 4) is 0 Å². The third-order valence-electron chi connectivity index (χ3n) is 3.89. The SMILES string of the molecule is O=C(CN(c1cccc([N+](=O)[O-])c1)S(=O)(=O)c1ccccc1)Nc1cccnc1. The van der Waals surface area contributed by atoms with Crippen LogP contribution in [0.3, 0.4) is 0 Å². The van der Waals surface area contributed by atoms with Crippen molar-refractivity contribution in [1.29, 1.82) is 0 Å². The van der Waals surface area contributed by atoms with Gasteiger partial charge in [0.15, 0.2) is 0 Å². The quantitative estimate of drug-likeness (QED) is 0.470. The lowest BCUT2D eigenvalue weighted by Crippen LogP contribution is -2.38. The van der Waals surface area contributed by atoms with Gasteiger partial charge in [-0.1, -0.05) is 24.3 Å². The van der Waals surface area contributed by atoms with E-state index < -0.39 is 27.4 Å². The van der Waals surface area contributed by atoms with Crippen LogP contribution in [0.1, 0.15) is 0 Å². The Balaban J connectivity index is 1.99. The molecule has 0 bridgehead atoms. The van der Waals surface area contributed by atoms with Gasteiger partial charge in [-0.15, -0.1) is 0 Å². The van der Waals surface area contributed by atoms with Gasteiger partial charge in [0, 0.05) is 18.3 Å². The first-order chi connectivity index (χ1) is 13.9. The second-order valence-corrected chi connectivity index (χ2v) is 7.75. The Bertz CT molecular complexity index is 1120. The highest BCUT2D eigenvalue weighted by atomic mass is 32.2. The molecule has 3 aromatic rings. The van der Waals surface area contributed by atoms with E-state index in [1.165, 1.54) is 42.7 Å². The molecule has 3 rings (SSSR count). The first kappa shape index (κ1) is 20.0. The summed E-state index contributed by atoms with van der Waals surface area (Å²) in [4.78, 5) is 26.8. The van der Waals surface area contributed by atoms with Gasteiger partial charge in [-0.3, -0.25) is 24.2 Å². The molecule has 0 aliphatic heterocycles. The fourth-order valence-electron chi connectivity index (χ4n) is 2.56. The van der Waals surface area contributed by atoms with E-state index in [1.54, 1.807) is 30.3 Å². The van der Waals surface area contributed by atoms with Gasteiger partial charge in [0.05, 0.1) is 27.4 Å². The maximum atomic E-state index is 13.2. The summed E-state index contributed by atoms with van der Waals surface area (Å²) in [5.41, 5.74) is 0.112. The van der Waals surface area contributed by atoms with Gasteiger partial charge in [0.1, 0.15) is 6.54 Å². The second-order valence-electron chi connectivity index (χ2n) is 5.89. The van der Waals surface area contributed by atoms with E-state index in [9.17, 15) is 23.3 Å². The molecule has 0 unspecified atom stereocenters. The van der Waals surface area contributed by atoms with Crippen molar-refractivity contribution >= 4 is 33.0 Å². The van der Waals surface area contributed by atoms with Crippen LogP contribution in [-0.4, -0.2) is 30.8 Å². The topological polar surface area (TPSA) is 123 Å². The van der Waals surface area contributed by atoms with Crippen LogP contribution in [0, 0.1) is 10.1 Å². The predicted molar refractivity (Wildman–Crippen MR) is 107 cm³/mol. The number of nitro groups is 1. The molecule has 0 spiro atoms. The first-order valence-corrected chi connectivity index (χ1v) is 9.84. The summed E-state index contributed by atoms with van der Waals surface area (Å²) < 4.78 is 27.2. The van der Waals surface area contributed by atoms with Crippen molar-refractivity contribution in [2.75, 3.05) is 16.2 Å². The minimum Gasteiger partial charge on any atom is -0.323 e. The van der Waals surface area contributed by atoms with Gasteiger partial charge in [-0.2, -0.15) is 0 Å². The number of non-ortho nitro benzene ring substituents is 1. The smallest absolute Gasteiger partial charge is 0.271 e. The standard InChI is InChI=1S/C19H16N4O5S/c24-19(21-15-6-5-11-20-13-15)14-22(16-7-4-8-17(12-16)23(25)26)29(27,28)18-9-2-1-3-10-18/h1-13H,14H2,(H,21,24). The van der Waals surface area contributed by atoms with Crippen LogP contribution in [0.4, 0.5) is 17.1 Å². The number of carbonyl (C=O) groups is 1. The number of anilines is 2. The lowest BCUT2D eigenvalue weighted by atomic mass is 10.3. The van der Waals surface area contributed by atoms with E-state index in [1.807, 2.05) is 0 Å². The van der Waals surface area contributed by atoms with E-state index in [4.69, 9.17) is 0 Å². The largest absolute Gasteiger partial charge is 0.323 e. The summed E-state index contributed by atoms with van der Waals surface area (Å²) in [6.07, 6.45) is 2.95. The van der Waals surface area contributed by atoms with E-state index in [0.717, 1.165) is 10.4 Å². The molecule has 0 aliphatic rings. The fraction of sp³-hybridized carbons (Fsp3) is 0.0526. The van der Waals surface area contributed by atoms with E-state index in [0.29, 0.717) is 5.69 Å². The number of carbonyl (C=O) groups excluding carboxylic acids is 1. The van der Waals surface area contributed by atoms with Crippen molar-refractivity contribution in [3.63, 3.8) is 0 Å². The number of nitrogens with zero attached hydrogens (tertiary/aromatic N) is 3. The molecule has 0 radical (unpaired) electrons. The minimum atomic E-state index is -4.15. The van der Waals surface area contributed by atoms with Crippen molar-refractivity contribution in [1.82, 2.24) is 4.98 Å². The number of amides is 1. The van der Waals surface area contributed by atoms with Gasteiger partial charge >= 0.3 is 0 Å². The molecular weight excluding hydrogens is 396 g/mol. The summed E-state index contributed by atoms with van der Waals surface area (Å²) in [6.45, 7) is -0.576. The Hall–Kier alpha value is -3.79. The number of pyridine rings is 1. The maximum absolute atomic E-state index is 13.2. The monoisotopic (exact) mass is 412 g/mol. The molecule has 2 aromatic carbocycles. The number of sulfonamides is 1. The maximum Gasteiger partial charge on any atom is 0.271 e. The number of aromatic nitrogens is 1. The second kappa shape index (κ2) is 8.48. The van der Waals surface area contributed by atoms with Gasteiger partial charge in [0.25, 0.3) is 15.7 Å². The molecule has 0 saturated carbocycles. The van der Waals surface area contributed by atoms with Crippen molar-refractivity contribution in [2.24, 2.45) is 0 Å². The Morgan fingerprint density at radius 1 is 1.07 bits per heavy atom. The minimum absolute atomic E-state index is 0.00406. The lowest BCUT2D eigenvalue weighted by Gasteiger charge is -2.24. The number of hydrogen-bond donors (Lipinski definition) is 1. The van der Waals surface area contributed by atoms with Crippen molar-refractivity contribution in [2.45, 2.75) is 4.90 Å². The van der Waals surface area contributed by atoms with Crippen LogP contribution in [0.25, 0.3) is 0 Å². The summed E-state index contributed by atoms with van der Waals surface area (Å²) in [7, 11) is -4.15. The van der Waals surface area contributed by atoms with Gasteiger partial charge in [-0.25, -0.2) is 8.42 Å². The van der Waals surface area contributed by atoms with Crippen molar-refractivity contribution in [3.05, 3.63) is 89.2 Å².